The third-order valence-corrected chi connectivity index (χ3v) is 4.69. The highest BCUT2D eigenvalue weighted by molar-refractivity contribution is 5.32. The van der Waals surface area contributed by atoms with Crippen molar-refractivity contribution in [3.8, 4) is 0 Å². The van der Waals surface area contributed by atoms with E-state index in [9.17, 15) is 10.1 Å². The van der Waals surface area contributed by atoms with Crippen LogP contribution in [0, 0.1) is 21.4 Å². The lowest BCUT2D eigenvalue weighted by molar-refractivity contribution is -0.384. The molecule has 0 heterocycles. The van der Waals surface area contributed by atoms with Gasteiger partial charge in [-0.1, -0.05) is 32.9 Å². The molecule has 1 aliphatic rings. The number of rotatable bonds is 4. The summed E-state index contributed by atoms with van der Waals surface area (Å²) < 4.78 is 0. The van der Waals surface area contributed by atoms with Crippen molar-refractivity contribution in [3.05, 3.63) is 39.9 Å². The Labute approximate surface area is 127 Å². The summed E-state index contributed by atoms with van der Waals surface area (Å²) in [4.78, 5) is 10.3. The van der Waals surface area contributed by atoms with Crippen molar-refractivity contribution >= 4 is 5.69 Å². The number of nitro groups is 1. The maximum atomic E-state index is 10.6. The SMILES string of the molecule is CC(C)(C)C1CCC(NCc2ccc([N+](=O)[O-])cc2)CC1. The predicted molar refractivity (Wildman–Crippen MR) is 85.1 cm³/mol. The Kier molecular flexibility index (Phi) is 4.99. The van der Waals surface area contributed by atoms with Gasteiger partial charge in [0.15, 0.2) is 0 Å². The molecule has 1 aromatic rings. The van der Waals surface area contributed by atoms with E-state index < -0.39 is 0 Å². The zero-order valence-electron chi connectivity index (χ0n) is 13.3. The van der Waals surface area contributed by atoms with Gasteiger partial charge in [0.25, 0.3) is 5.69 Å². The van der Waals surface area contributed by atoms with E-state index in [0.717, 1.165) is 18.0 Å². The summed E-state index contributed by atoms with van der Waals surface area (Å²) in [5.74, 6) is 0.829. The standard InChI is InChI=1S/C17H26N2O2/c1-17(2,3)14-6-8-15(9-7-14)18-12-13-4-10-16(11-5-13)19(20)21/h4-5,10-11,14-15,18H,6-9,12H2,1-3H3. The van der Waals surface area contributed by atoms with Gasteiger partial charge in [0.05, 0.1) is 4.92 Å². The van der Waals surface area contributed by atoms with E-state index in [1.165, 1.54) is 25.7 Å². The van der Waals surface area contributed by atoms with Crippen LogP contribution >= 0.6 is 0 Å². The Morgan fingerprint density at radius 3 is 2.19 bits per heavy atom. The van der Waals surface area contributed by atoms with Crippen LogP contribution in [0.1, 0.15) is 52.0 Å². The van der Waals surface area contributed by atoms with Crippen molar-refractivity contribution in [3.63, 3.8) is 0 Å². The fourth-order valence-corrected chi connectivity index (χ4v) is 3.16. The van der Waals surface area contributed by atoms with E-state index in [0.29, 0.717) is 11.5 Å². The molecule has 1 fully saturated rings. The summed E-state index contributed by atoms with van der Waals surface area (Å²) in [5, 5.41) is 14.2. The van der Waals surface area contributed by atoms with E-state index in [1.54, 1.807) is 12.1 Å². The summed E-state index contributed by atoms with van der Waals surface area (Å²) in [5.41, 5.74) is 1.69. The van der Waals surface area contributed by atoms with Crippen LogP contribution in [0.25, 0.3) is 0 Å². The summed E-state index contributed by atoms with van der Waals surface area (Å²) in [7, 11) is 0. The van der Waals surface area contributed by atoms with Crippen LogP contribution in [0.2, 0.25) is 0 Å². The molecule has 0 spiro atoms. The normalized spacial score (nSPS) is 23.0. The second-order valence-corrected chi connectivity index (χ2v) is 7.22. The van der Waals surface area contributed by atoms with Gasteiger partial charge in [0.2, 0.25) is 0 Å². The number of nitrogens with one attached hydrogen (secondary N) is 1. The average molecular weight is 290 g/mol. The minimum atomic E-state index is -0.356. The third kappa shape index (κ3) is 4.53. The van der Waals surface area contributed by atoms with Gasteiger partial charge in [-0.25, -0.2) is 0 Å². The van der Waals surface area contributed by atoms with Crippen molar-refractivity contribution in [2.24, 2.45) is 11.3 Å². The Morgan fingerprint density at radius 1 is 1.14 bits per heavy atom. The maximum absolute atomic E-state index is 10.6. The monoisotopic (exact) mass is 290 g/mol. The molecule has 0 aliphatic heterocycles. The molecule has 0 amide bonds. The molecule has 0 saturated heterocycles. The number of nitrogens with zero attached hydrogens (tertiary/aromatic N) is 1. The molecule has 4 heteroatoms. The van der Waals surface area contributed by atoms with Gasteiger partial charge >= 0.3 is 0 Å². The van der Waals surface area contributed by atoms with Crippen molar-refractivity contribution in [2.75, 3.05) is 0 Å². The van der Waals surface area contributed by atoms with Gasteiger partial charge in [-0.15, -0.1) is 0 Å². The molecule has 116 valence electrons. The van der Waals surface area contributed by atoms with Crippen molar-refractivity contribution in [2.45, 2.75) is 59.0 Å². The number of benzene rings is 1. The lowest BCUT2D eigenvalue weighted by Gasteiger charge is -2.37. The Balaban J connectivity index is 1.78. The third-order valence-electron chi connectivity index (χ3n) is 4.69. The van der Waals surface area contributed by atoms with E-state index in [4.69, 9.17) is 0 Å². The van der Waals surface area contributed by atoms with Gasteiger partial charge in [-0.3, -0.25) is 10.1 Å². The number of hydrogen-bond donors (Lipinski definition) is 1. The van der Waals surface area contributed by atoms with Gasteiger partial charge < -0.3 is 5.32 Å². The fraction of sp³-hybridized carbons (Fsp3) is 0.647. The number of nitro benzene ring substituents is 1. The second-order valence-electron chi connectivity index (χ2n) is 7.22. The minimum absolute atomic E-state index is 0.157. The summed E-state index contributed by atoms with van der Waals surface area (Å²) >= 11 is 0. The first kappa shape index (κ1) is 16.0. The van der Waals surface area contributed by atoms with E-state index in [1.807, 2.05) is 12.1 Å². The van der Waals surface area contributed by atoms with Gasteiger partial charge in [-0.2, -0.15) is 0 Å². The predicted octanol–water partition coefficient (Wildman–Crippen LogP) is 4.29. The van der Waals surface area contributed by atoms with Gasteiger partial charge in [0.1, 0.15) is 0 Å². The first-order valence-electron chi connectivity index (χ1n) is 7.83. The van der Waals surface area contributed by atoms with Crippen LogP contribution in [0.15, 0.2) is 24.3 Å². The molecule has 1 saturated carbocycles. The Morgan fingerprint density at radius 2 is 1.71 bits per heavy atom. The topological polar surface area (TPSA) is 55.2 Å². The molecular formula is C17H26N2O2. The second kappa shape index (κ2) is 6.56. The summed E-state index contributed by atoms with van der Waals surface area (Å²) in [6.45, 7) is 7.80. The molecule has 4 nitrogen and oxygen atoms in total. The van der Waals surface area contributed by atoms with Crippen LogP contribution in [0.5, 0.6) is 0 Å². The van der Waals surface area contributed by atoms with E-state index >= 15 is 0 Å². The smallest absolute Gasteiger partial charge is 0.269 e. The first-order valence-corrected chi connectivity index (χ1v) is 7.83. The zero-order chi connectivity index (χ0) is 15.5. The number of non-ortho nitro benzene ring substituents is 1. The highest BCUT2D eigenvalue weighted by Gasteiger charge is 2.29. The molecule has 0 aromatic heterocycles. The lowest BCUT2D eigenvalue weighted by Crippen LogP contribution is -2.35. The molecule has 1 aromatic carbocycles. The van der Waals surface area contributed by atoms with E-state index in [-0.39, 0.29) is 10.6 Å². The van der Waals surface area contributed by atoms with Crippen LogP contribution in [-0.4, -0.2) is 11.0 Å². The summed E-state index contributed by atoms with van der Waals surface area (Å²) in [6, 6.07) is 7.41. The first-order chi connectivity index (χ1) is 9.86. The minimum Gasteiger partial charge on any atom is -0.310 e. The molecule has 21 heavy (non-hydrogen) atoms. The lowest BCUT2D eigenvalue weighted by atomic mass is 9.71. The number of hydrogen-bond acceptors (Lipinski definition) is 3. The van der Waals surface area contributed by atoms with Crippen LogP contribution in [-0.2, 0) is 6.54 Å². The molecule has 0 atom stereocenters. The fourth-order valence-electron chi connectivity index (χ4n) is 3.16. The molecule has 0 radical (unpaired) electrons. The summed E-state index contributed by atoms with van der Waals surface area (Å²) in [6.07, 6.45) is 5.05. The molecule has 0 unspecified atom stereocenters. The van der Waals surface area contributed by atoms with Crippen LogP contribution < -0.4 is 5.32 Å². The van der Waals surface area contributed by atoms with Crippen molar-refractivity contribution in [1.82, 2.24) is 5.32 Å². The van der Waals surface area contributed by atoms with Crippen molar-refractivity contribution < 1.29 is 4.92 Å². The van der Waals surface area contributed by atoms with Crippen LogP contribution in [0.4, 0.5) is 5.69 Å². The largest absolute Gasteiger partial charge is 0.310 e. The Hall–Kier alpha value is -1.42. The van der Waals surface area contributed by atoms with E-state index in [2.05, 4.69) is 26.1 Å². The highest BCUT2D eigenvalue weighted by atomic mass is 16.6. The molecular weight excluding hydrogens is 264 g/mol. The quantitative estimate of drug-likeness (QED) is 0.665. The molecule has 2 rings (SSSR count). The molecule has 1 aliphatic carbocycles. The highest BCUT2D eigenvalue weighted by Crippen LogP contribution is 2.37. The molecule has 1 N–H and O–H groups in total. The average Bonchev–Trinajstić information content (AvgIpc) is 2.45. The van der Waals surface area contributed by atoms with Gasteiger partial charge in [0, 0.05) is 24.7 Å². The Bertz CT molecular complexity index is 469. The van der Waals surface area contributed by atoms with Crippen LogP contribution in [0.3, 0.4) is 0 Å². The van der Waals surface area contributed by atoms with Gasteiger partial charge in [-0.05, 0) is 42.6 Å². The molecule has 0 bridgehead atoms. The van der Waals surface area contributed by atoms with Crippen molar-refractivity contribution in [1.29, 1.82) is 0 Å². The maximum Gasteiger partial charge on any atom is 0.269 e. The zero-order valence-corrected chi connectivity index (χ0v) is 13.3.